The number of H-pyrrole nitrogens is 1. The van der Waals surface area contributed by atoms with Crippen LogP contribution in [0.2, 0.25) is 0 Å². The van der Waals surface area contributed by atoms with Crippen molar-refractivity contribution in [3.63, 3.8) is 0 Å². The molecule has 7 heteroatoms. The molecule has 3 atom stereocenters. The van der Waals surface area contributed by atoms with Crippen molar-refractivity contribution >= 4 is 17.7 Å². The minimum atomic E-state index is -0.196. The summed E-state index contributed by atoms with van der Waals surface area (Å²) in [6.07, 6.45) is 5.50. The number of hydrogen-bond donors (Lipinski definition) is 2. The van der Waals surface area contributed by atoms with Crippen molar-refractivity contribution in [3.8, 4) is 0 Å². The highest BCUT2D eigenvalue weighted by atomic mass is 32.2. The highest BCUT2D eigenvalue weighted by molar-refractivity contribution is 7.99. The Morgan fingerprint density at radius 1 is 1.44 bits per heavy atom. The second-order valence-electron chi connectivity index (χ2n) is 8.34. The van der Waals surface area contributed by atoms with Crippen molar-refractivity contribution < 1.29 is 4.79 Å². The van der Waals surface area contributed by atoms with E-state index in [-0.39, 0.29) is 23.1 Å². The van der Waals surface area contributed by atoms with Gasteiger partial charge in [0, 0.05) is 12.6 Å². The summed E-state index contributed by atoms with van der Waals surface area (Å²) in [4.78, 5) is 24.3. The SMILES string of the molecule is CCCCn1c(SCC(=O)N[C@H]2C[C@H]3CC[C@@]2(C)C3(C)C)n[nH]c1=O. The van der Waals surface area contributed by atoms with E-state index < -0.39 is 0 Å². The molecule has 1 aromatic rings. The Bertz CT molecular complexity index is 695. The van der Waals surface area contributed by atoms with Crippen LogP contribution in [0.4, 0.5) is 0 Å². The van der Waals surface area contributed by atoms with Gasteiger partial charge in [0.25, 0.3) is 0 Å². The predicted molar refractivity (Wildman–Crippen MR) is 99.6 cm³/mol. The molecular weight excluding hydrogens is 336 g/mol. The van der Waals surface area contributed by atoms with Gasteiger partial charge in [-0.3, -0.25) is 9.36 Å². The summed E-state index contributed by atoms with van der Waals surface area (Å²) in [6.45, 7) is 9.76. The molecule has 2 bridgehead atoms. The lowest BCUT2D eigenvalue weighted by atomic mass is 9.69. The highest BCUT2D eigenvalue weighted by Gasteiger charge is 2.61. The van der Waals surface area contributed by atoms with Gasteiger partial charge in [0.1, 0.15) is 0 Å². The van der Waals surface area contributed by atoms with Crippen LogP contribution in [0.1, 0.15) is 59.8 Å². The van der Waals surface area contributed by atoms with E-state index in [0.29, 0.717) is 28.8 Å². The van der Waals surface area contributed by atoms with E-state index in [1.54, 1.807) is 4.57 Å². The van der Waals surface area contributed by atoms with E-state index in [4.69, 9.17) is 0 Å². The maximum atomic E-state index is 12.5. The largest absolute Gasteiger partial charge is 0.352 e. The fourth-order valence-corrected chi connectivity index (χ4v) is 5.50. The Morgan fingerprint density at radius 3 is 2.80 bits per heavy atom. The van der Waals surface area contributed by atoms with Crippen molar-refractivity contribution in [2.75, 3.05) is 5.75 Å². The smallest absolute Gasteiger partial charge is 0.343 e. The molecule has 2 saturated carbocycles. The lowest BCUT2D eigenvalue weighted by Gasteiger charge is -2.39. The number of unbranched alkanes of at least 4 members (excludes halogenated alkanes) is 1. The molecule has 1 heterocycles. The Hall–Kier alpha value is -1.24. The van der Waals surface area contributed by atoms with Crippen LogP contribution in [0.25, 0.3) is 0 Å². The lowest BCUT2D eigenvalue weighted by Crippen LogP contribution is -2.47. The quantitative estimate of drug-likeness (QED) is 0.727. The number of nitrogens with one attached hydrogen (secondary N) is 2. The fraction of sp³-hybridized carbons (Fsp3) is 0.833. The molecule has 0 unspecified atom stereocenters. The Morgan fingerprint density at radius 2 is 2.20 bits per heavy atom. The maximum absolute atomic E-state index is 12.5. The molecule has 25 heavy (non-hydrogen) atoms. The lowest BCUT2D eigenvalue weighted by molar-refractivity contribution is -0.120. The van der Waals surface area contributed by atoms with Gasteiger partial charge in [0.05, 0.1) is 5.75 Å². The number of hydrogen-bond acceptors (Lipinski definition) is 4. The van der Waals surface area contributed by atoms with Crippen LogP contribution < -0.4 is 11.0 Å². The first-order valence-electron chi connectivity index (χ1n) is 9.37. The van der Waals surface area contributed by atoms with Crippen LogP contribution in [0.5, 0.6) is 0 Å². The third-order valence-corrected chi connectivity index (χ3v) is 7.90. The normalized spacial score (nSPS) is 29.9. The minimum Gasteiger partial charge on any atom is -0.352 e. The number of nitrogens with zero attached hydrogens (tertiary/aromatic N) is 2. The van der Waals surface area contributed by atoms with Gasteiger partial charge in [-0.25, -0.2) is 9.89 Å². The molecular formula is C18H30N4O2S. The Balaban J connectivity index is 1.57. The number of fused-ring (bicyclic) bond motifs is 2. The summed E-state index contributed by atoms with van der Waals surface area (Å²) in [7, 11) is 0. The zero-order valence-corrected chi connectivity index (χ0v) is 16.5. The molecule has 1 aromatic heterocycles. The molecule has 1 amide bonds. The molecule has 6 nitrogen and oxygen atoms in total. The van der Waals surface area contributed by atoms with Crippen LogP contribution >= 0.6 is 11.8 Å². The monoisotopic (exact) mass is 366 g/mol. The van der Waals surface area contributed by atoms with Crippen molar-refractivity contribution in [2.45, 2.75) is 77.5 Å². The Kier molecular flexibility index (Phi) is 5.06. The van der Waals surface area contributed by atoms with Gasteiger partial charge in [0.2, 0.25) is 5.91 Å². The van der Waals surface area contributed by atoms with Gasteiger partial charge in [-0.15, -0.1) is 5.10 Å². The average Bonchev–Trinajstić information content (AvgIpc) is 3.08. The minimum absolute atomic E-state index is 0.0389. The van der Waals surface area contributed by atoms with Crippen LogP contribution in [-0.4, -0.2) is 32.5 Å². The third kappa shape index (κ3) is 3.15. The molecule has 2 fully saturated rings. The number of aromatic amines is 1. The predicted octanol–water partition coefficient (Wildman–Crippen LogP) is 2.79. The third-order valence-electron chi connectivity index (χ3n) is 6.92. The topological polar surface area (TPSA) is 79.8 Å². The first-order valence-corrected chi connectivity index (χ1v) is 10.4. The van der Waals surface area contributed by atoms with Crippen molar-refractivity contribution in [2.24, 2.45) is 16.7 Å². The van der Waals surface area contributed by atoms with Crippen molar-refractivity contribution in [1.82, 2.24) is 20.1 Å². The van der Waals surface area contributed by atoms with E-state index in [1.165, 1.54) is 24.6 Å². The standard InChI is InChI=1S/C18H30N4O2S/c1-5-6-9-22-15(24)20-21-16(22)25-11-14(23)19-13-10-12-7-8-18(13,4)17(12,2)3/h12-13H,5-11H2,1-4H3,(H,19,23)(H,20,24)/t12-,13+,18-/m1/s1. The molecule has 3 rings (SSSR count). The molecule has 2 N–H and O–H groups in total. The Labute approximate surface area is 153 Å². The molecule has 0 radical (unpaired) electrons. The van der Waals surface area contributed by atoms with Crippen LogP contribution in [0.15, 0.2) is 9.95 Å². The first kappa shape index (κ1) is 18.5. The van der Waals surface area contributed by atoms with E-state index in [1.807, 2.05) is 0 Å². The van der Waals surface area contributed by atoms with Crippen molar-refractivity contribution in [3.05, 3.63) is 10.5 Å². The van der Waals surface area contributed by atoms with Gasteiger partial charge in [0.15, 0.2) is 5.16 Å². The molecule has 2 aliphatic rings. The fourth-order valence-electron chi connectivity index (χ4n) is 4.71. The van der Waals surface area contributed by atoms with Gasteiger partial charge < -0.3 is 5.32 Å². The molecule has 0 aliphatic heterocycles. The highest BCUT2D eigenvalue weighted by Crippen LogP contribution is 2.65. The number of carbonyl (C=O) groups excluding carboxylic acids is 1. The summed E-state index contributed by atoms with van der Waals surface area (Å²) >= 11 is 1.34. The second kappa shape index (κ2) is 6.82. The zero-order chi connectivity index (χ0) is 18.2. The van der Waals surface area contributed by atoms with Crippen LogP contribution in [-0.2, 0) is 11.3 Å². The van der Waals surface area contributed by atoms with Gasteiger partial charge >= 0.3 is 5.69 Å². The van der Waals surface area contributed by atoms with E-state index in [2.05, 4.69) is 43.2 Å². The number of aromatic nitrogens is 3. The van der Waals surface area contributed by atoms with E-state index in [0.717, 1.165) is 19.3 Å². The zero-order valence-electron chi connectivity index (χ0n) is 15.7. The summed E-state index contributed by atoms with van der Waals surface area (Å²) in [5, 5.41) is 10.4. The van der Waals surface area contributed by atoms with Gasteiger partial charge in [-0.2, -0.15) is 0 Å². The summed E-state index contributed by atoms with van der Waals surface area (Å²) in [5.74, 6) is 1.05. The second-order valence-corrected chi connectivity index (χ2v) is 9.28. The molecule has 0 spiro atoms. The van der Waals surface area contributed by atoms with Crippen LogP contribution in [0.3, 0.4) is 0 Å². The molecule has 140 valence electrons. The summed E-state index contributed by atoms with van der Waals surface area (Å²) < 4.78 is 1.63. The van der Waals surface area contributed by atoms with Crippen molar-refractivity contribution in [1.29, 1.82) is 0 Å². The van der Waals surface area contributed by atoms with Gasteiger partial charge in [-0.1, -0.05) is 45.9 Å². The number of carbonyl (C=O) groups is 1. The maximum Gasteiger partial charge on any atom is 0.343 e. The number of thioether (sulfide) groups is 1. The summed E-state index contributed by atoms with van der Waals surface area (Å²) in [6, 6.07) is 0.260. The number of amides is 1. The average molecular weight is 367 g/mol. The molecule has 2 aliphatic carbocycles. The van der Waals surface area contributed by atoms with E-state index >= 15 is 0 Å². The number of rotatable bonds is 7. The molecule has 0 saturated heterocycles. The van der Waals surface area contributed by atoms with Gasteiger partial charge in [-0.05, 0) is 42.4 Å². The van der Waals surface area contributed by atoms with Crippen LogP contribution in [0, 0.1) is 16.7 Å². The molecule has 0 aromatic carbocycles. The first-order chi connectivity index (χ1) is 11.8. The summed E-state index contributed by atoms with van der Waals surface area (Å²) in [5.41, 5.74) is 0.285. The van der Waals surface area contributed by atoms with E-state index in [9.17, 15) is 9.59 Å².